The average molecular weight is 214 g/mol. The minimum absolute atomic E-state index is 0.573. The summed E-state index contributed by atoms with van der Waals surface area (Å²) in [5.41, 5.74) is -0.877. The fourth-order valence-corrected chi connectivity index (χ4v) is 1.79. The Hall–Kier alpha value is -0.340. The summed E-state index contributed by atoms with van der Waals surface area (Å²) in [7, 11) is 0. The zero-order valence-corrected chi connectivity index (χ0v) is 10.2. The smallest absolute Gasteiger partial charge is 0.0900 e. The van der Waals surface area contributed by atoms with Gasteiger partial charge in [0.05, 0.1) is 11.7 Å². The van der Waals surface area contributed by atoms with Crippen LogP contribution < -0.4 is 0 Å². The summed E-state index contributed by atoms with van der Waals surface area (Å²) >= 11 is 0. The van der Waals surface area contributed by atoms with Crippen LogP contribution in [0.4, 0.5) is 0 Å². The quantitative estimate of drug-likeness (QED) is 0.457. The Morgan fingerprint density at radius 2 is 1.80 bits per heavy atom. The van der Waals surface area contributed by atoms with Gasteiger partial charge >= 0.3 is 0 Å². The van der Waals surface area contributed by atoms with Gasteiger partial charge in [0, 0.05) is 0 Å². The molecule has 0 bridgehead atoms. The van der Waals surface area contributed by atoms with Crippen LogP contribution in [0.2, 0.25) is 0 Å². The van der Waals surface area contributed by atoms with Crippen molar-refractivity contribution in [3.8, 4) is 0 Å². The SMILES string of the molecule is C=CCCCCCC(O)C(O)(CC)CC. The van der Waals surface area contributed by atoms with Crippen molar-refractivity contribution in [2.24, 2.45) is 0 Å². The van der Waals surface area contributed by atoms with E-state index in [9.17, 15) is 10.2 Å². The molecule has 0 aromatic heterocycles. The zero-order chi connectivity index (χ0) is 11.7. The van der Waals surface area contributed by atoms with Gasteiger partial charge in [-0.3, -0.25) is 0 Å². The lowest BCUT2D eigenvalue weighted by atomic mass is 9.87. The lowest BCUT2D eigenvalue weighted by Crippen LogP contribution is -2.41. The molecule has 0 aromatic carbocycles. The number of aliphatic hydroxyl groups excluding tert-OH is 1. The van der Waals surface area contributed by atoms with Gasteiger partial charge in [-0.05, 0) is 32.1 Å². The molecule has 0 amide bonds. The van der Waals surface area contributed by atoms with E-state index in [0.29, 0.717) is 19.3 Å². The predicted octanol–water partition coefficient (Wildman–Crippen LogP) is 3.03. The van der Waals surface area contributed by atoms with Crippen molar-refractivity contribution < 1.29 is 10.2 Å². The Morgan fingerprint density at radius 3 is 2.27 bits per heavy atom. The maximum absolute atomic E-state index is 10.0. The number of allylic oxidation sites excluding steroid dienone is 1. The summed E-state index contributed by atoms with van der Waals surface area (Å²) in [6.07, 6.45) is 7.56. The van der Waals surface area contributed by atoms with E-state index in [4.69, 9.17) is 0 Å². The fraction of sp³-hybridized carbons (Fsp3) is 0.846. The van der Waals surface area contributed by atoms with Gasteiger partial charge in [0.2, 0.25) is 0 Å². The fourth-order valence-electron chi connectivity index (χ4n) is 1.79. The zero-order valence-electron chi connectivity index (χ0n) is 10.2. The molecule has 1 unspecified atom stereocenters. The van der Waals surface area contributed by atoms with Crippen LogP contribution in [0.5, 0.6) is 0 Å². The van der Waals surface area contributed by atoms with Crippen LogP contribution in [0.25, 0.3) is 0 Å². The van der Waals surface area contributed by atoms with Crippen molar-refractivity contribution in [2.45, 2.75) is 70.5 Å². The maximum Gasteiger partial charge on any atom is 0.0900 e. The lowest BCUT2D eigenvalue weighted by Gasteiger charge is -2.31. The van der Waals surface area contributed by atoms with Gasteiger partial charge in [-0.2, -0.15) is 0 Å². The molecule has 0 saturated heterocycles. The molecule has 0 radical (unpaired) electrons. The third-order valence-electron chi connectivity index (χ3n) is 3.23. The minimum Gasteiger partial charge on any atom is -0.390 e. The Balaban J connectivity index is 3.71. The van der Waals surface area contributed by atoms with Crippen LogP contribution in [-0.4, -0.2) is 21.9 Å². The van der Waals surface area contributed by atoms with Crippen LogP contribution >= 0.6 is 0 Å². The van der Waals surface area contributed by atoms with Gasteiger partial charge in [0.25, 0.3) is 0 Å². The van der Waals surface area contributed by atoms with E-state index in [0.717, 1.165) is 25.7 Å². The molecule has 2 heteroatoms. The number of rotatable bonds is 9. The maximum atomic E-state index is 10.0. The highest BCUT2D eigenvalue weighted by molar-refractivity contribution is 4.83. The third-order valence-corrected chi connectivity index (χ3v) is 3.23. The lowest BCUT2D eigenvalue weighted by molar-refractivity contribution is -0.0835. The van der Waals surface area contributed by atoms with Gasteiger partial charge in [-0.1, -0.05) is 32.8 Å². The first kappa shape index (κ1) is 14.7. The molecular formula is C13H26O2. The molecule has 0 aliphatic rings. The minimum atomic E-state index is -0.877. The summed E-state index contributed by atoms with van der Waals surface area (Å²) < 4.78 is 0. The number of unbranched alkanes of at least 4 members (excludes halogenated alkanes) is 3. The van der Waals surface area contributed by atoms with Crippen molar-refractivity contribution in [3.05, 3.63) is 12.7 Å². The van der Waals surface area contributed by atoms with Crippen LogP contribution in [-0.2, 0) is 0 Å². The molecule has 90 valence electrons. The number of hydrogen-bond donors (Lipinski definition) is 2. The second kappa shape index (κ2) is 7.89. The molecule has 0 aliphatic heterocycles. The van der Waals surface area contributed by atoms with Gasteiger partial charge < -0.3 is 10.2 Å². The van der Waals surface area contributed by atoms with Crippen molar-refractivity contribution in [1.29, 1.82) is 0 Å². The molecule has 0 heterocycles. The van der Waals surface area contributed by atoms with Crippen molar-refractivity contribution >= 4 is 0 Å². The predicted molar refractivity (Wildman–Crippen MR) is 64.8 cm³/mol. The topological polar surface area (TPSA) is 40.5 Å². The van der Waals surface area contributed by atoms with Crippen LogP contribution in [0.15, 0.2) is 12.7 Å². The van der Waals surface area contributed by atoms with Crippen LogP contribution in [0.1, 0.15) is 58.8 Å². The van der Waals surface area contributed by atoms with E-state index in [1.165, 1.54) is 0 Å². The molecule has 0 fully saturated rings. The molecule has 1 atom stereocenters. The third kappa shape index (κ3) is 5.33. The summed E-state index contributed by atoms with van der Waals surface area (Å²) in [5.74, 6) is 0. The van der Waals surface area contributed by atoms with E-state index in [2.05, 4.69) is 6.58 Å². The highest BCUT2D eigenvalue weighted by atomic mass is 16.3. The van der Waals surface area contributed by atoms with Crippen LogP contribution in [0, 0.1) is 0 Å². The van der Waals surface area contributed by atoms with Crippen molar-refractivity contribution in [2.75, 3.05) is 0 Å². The molecule has 0 saturated carbocycles. The van der Waals surface area contributed by atoms with E-state index in [-0.39, 0.29) is 0 Å². The highest BCUT2D eigenvalue weighted by Gasteiger charge is 2.30. The normalized spacial score (nSPS) is 13.9. The molecule has 2 N–H and O–H groups in total. The Kier molecular flexibility index (Phi) is 7.71. The summed E-state index contributed by atoms with van der Waals surface area (Å²) in [4.78, 5) is 0. The van der Waals surface area contributed by atoms with Crippen LogP contribution in [0.3, 0.4) is 0 Å². The van der Waals surface area contributed by atoms with E-state index in [1.54, 1.807) is 0 Å². The van der Waals surface area contributed by atoms with Gasteiger partial charge in [0.15, 0.2) is 0 Å². The van der Waals surface area contributed by atoms with E-state index >= 15 is 0 Å². The van der Waals surface area contributed by atoms with Gasteiger partial charge in [-0.25, -0.2) is 0 Å². The first-order valence-corrected chi connectivity index (χ1v) is 6.12. The molecular weight excluding hydrogens is 188 g/mol. The van der Waals surface area contributed by atoms with E-state index < -0.39 is 11.7 Å². The number of aliphatic hydroxyl groups is 2. The summed E-state index contributed by atoms with van der Waals surface area (Å²) in [6, 6.07) is 0. The number of hydrogen-bond acceptors (Lipinski definition) is 2. The Labute approximate surface area is 94.0 Å². The Bertz CT molecular complexity index is 162. The molecule has 2 nitrogen and oxygen atoms in total. The van der Waals surface area contributed by atoms with Crippen molar-refractivity contribution in [3.63, 3.8) is 0 Å². The summed E-state index contributed by atoms with van der Waals surface area (Å²) in [5, 5.41) is 19.9. The molecule has 0 rings (SSSR count). The first-order chi connectivity index (χ1) is 7.10. The highest BCUT2D eigenvalue weighted by Crippen LogP contribution is 2.23. The molecule has 0 aliphatic carbocycles. The molecule has 0 aromatic rings. The van der Waals surface area contributed by atoms with Gasteiger partial charge in [0.1, 0.15) is 0 Å². The van der Waals surface area contributed by atoms with Crippen molar-refractivity contribution in [1.82, 2.24) is 0 Å². The second-order valence-electron chi connectivity index (χ2n) is 4.25. The molecule has 0 spiro atoms. The molecule has 15 heavy (non-hydrogen) atoms. The largest absolute Gasteiger partial charge is 0.390 e. The second-order valence-corrected chi connectivity index (χ2v) is 4.25. The monoisotopic (exact) mass is 214 g/mol. The standard InChI is InChI=1S/C13H26O2/c1-4-7-8-9-10-11-12(14)13(15,5-2)6-3/h4,12,14-15H,1,5-11H2,2-3H3. The average Bonchev–Trinajstić information content (AvgIpc) is 2.27. The van der Waals surface area contributed by atoms with Gasteiger partial charge in [-0.15, -0.1) is 6.58 Å². The Morgan fingerprint density at radius 1 is 1.20 bits per heavy atom. The van der Waals surface area contributed by atoms with E-state index in [1.807, 2.05) is 19.9 Å². The first-order valence-electron chi connectivity index (χ1n) is 6.12. The summed E-state index contributed by atoms with van der Waals surface area (Å²) in [6.45, 7) is 7.51.